The molecule has 2 nitrogen and oxygen atoms in total. The van der Waals surface area contributed by atoms with Crippen LogP contribution in [-0.4, -0.2) is 12.4 Å². The molecule has 0 aliphatic heterocycles. The summed E-state index contributed by atoms with van der Waals surface area (Å²) in [4.78, 5) is 0. The predicted molar refractivity (Wildman–Crippen MR) is 105 cm³/mol. The van der Waals surface area contributed by atoms with Crippen LogP contribution in [0.4, 0.5) is 17.6 Å². The molecule has 0 saturated carbocycles. The molecule has 0 amide bonds. The molecule has 6 heteroatoms. The van der Waals surface area contributed by atoms with Crippen molar-refractivity contribution in [2.45, 2.75) is 25.7 Å². The van der Waals surface area contributed by atoms with E-state index in [0.717, 1.165) is 34.4 Å². The Morgan fingerprint density at radius 1 is 0.607 bits per heavy atom. The first-order chi connectivity index (χ1) is 13.5. The Hall–Kier alpha value is -3.02. The molecule has 0 aliphatic carbocycles. The third kappa shape index (κ3) is 8.58. The fourth-order valence-corrected chi connectivity index (χ4v) is 2.44. The second-order valence-electron chi connectivity index (χ2n) is 6.04. The molecule has 0 spiro atoms. The fraction of sp³-hybridized carbons (Fsp3) is 0.182. The first kappa shape index (κ1) is 21.3. The molecule has 0 N–H and O–H groups in total. The maximum absolute atomic E-state index is 12.0. The smallest absolute Gasteiger partial charge is 0.174 e. The minimum atomic E-state index is -1.65. The fourth-order valence-electron chi connectivity index (χ4n) is 2.44. The highest BCUT2D eigenvalue weighted by Gasteiger charge is 1.95. The second kappa shape index (κ2) is 11.6. The first-order valence-electron chi connectivity index (χ1n) is 8.79. The van der Waals surface area contributed by atoms with Gasteiger partial charge in [-0.15, -0.1) is 0 Å². The molecule has 0 bridgehead atoms. The van der Waals surface area contributed by atoms with Crippen molar-refractivity contribution in [2.75, 3.05) is 0 Å². The molecule has 0 aliphatic rings. The molecule has 0 heterocycles. The Kier molecular flexibility index (Phi) is 8.85. The van der Waals surface area contributed by atoms with Crippen LogP contribution in [0.5, 0.6) is 0 Å². The van der Waals surface area contributed by atoms with Gasteiger partial charge in [0.25, 0.3) is 12.2 Å². The molecule has 0 radical (unpaired) electrons. The number of halogens is 4. The van der Waals surface area contributed by atoms with Gasteiger partial charge in [-0.3, -0.25) is 0 Å². The summed E-state index contributed by atoms with van der Waals surface area (Å²) in [6.07, 6.45) is 3.46. The molecule has 28 heavy (non-hydrogen) atoms. The van der Waals surface area contributed by atoms with Gasteiger partial charge in [-0.05, 0) is 60.1 Å². The summed E-state index contributed by atoms with van der Waals surface area (Å²) >= 11 is 0. The summed E-state index contributed by atoms with van der Waals surface area (Å²) in [6.45, 7) is 0. The average Bonchev–Trinajstić information content (AvgIpc) is 2.67. The number of hydrogen-bond acceptors (Lipinski definition) is 2. The topological polar surface area (TPSA) is 24.7 Å². The molecule has 0 atom stereocenters. The molecule has 2 rings (SSSR count). The van der Waals surface area contributed by atoms with Crippen molar-refractivity contribution in [3.8, 4) is 0 Å². The molecular weight excluding hydrogens is 368 g/mol. The number of nitrogens with zero attached hydrogens (tertiary/aromatic N) is 2. The van der Waals surface area contributed by atoms with Crippen LogP contribution >= 0.6 is 0 Å². The van der Waals surface area contributed by atoms with Gasteiger partial charge in [0.05, 0.1) is 12.4 Å². The molecule has 0 aromatic heterocycles. The van der Waals surface area contributed by atoms with Crippen molar-refractivity contribution in [3.05, 3.63) is 95.1 Å². The van der Waals surface area contributed by atoms with Crippen molar-refractivity contribution < 1.29 is 17.6 Å². The molecule has 0 fully saturated rings. The summed E-state index contributed by atoms with van der Waals surface area (Å²) in [5.41, 5.74) is 3.67. The Labute approximate surface area is 161 Å². The lowest BCUT2D eigenvalue weighted by Crippen LogP contribution is -1.87. The van der Waals surface area contributed by atoms with Crippen LogP contribution < -0.4 is 0 Å². The van der Waals surface area contributed by atoms with E-state index >= 15 is 0 Å². The Morgan fingerprint density at radius 3 is 1.29 bits per heavy atom. The van der Waals surface area contributed by atoms with E-state index < -0.39 is 12.2 Å². The summed E-state index contributed by atoms with van der Waals surface area (Å²) < 4.78 is 48.0. The van der Waals surface area contributed by atoms with Crippen LogP contribution in [0.25, 0.3) is 0 Å². The predicted octanol–water partition coefficient (Wildman–Crippen LogP) is 6.57. The zero-order valence-electron chi connectivity index (χ0n) is 15.2. The van der Waals surface area contributed by atoms with Gasteiger partial charge >= 0.3 is 0 Å². The lowest BCUT2D eigenvalue weighted by Gasteiger charge is -1.99. The van der Waals surface area contributed by atoms with Crippen LogP contribution in [0.1, 0.15) is 35.1 Å². The number of aryl methyl sites for hydroxylation is 2. The van der Waals surface area contributed by atoms with E-state index in [4.69, 9.17) is 0 Å². The highest BCUT2D eigenvalue weighted by Crippen LogP contribution is 2.09. The summed E-state index contributed by atoms with van der Waals surface area (Å²) in [7, 11) is 0. The van der Waals surface area contributed by atoms with Gasteiger partial charge < -0.3 is 0 Å². The van der Waals surface area contributed by atoms with Crippen LogP contribution in [0.2, 0.25) is 0 Å². The van der Waals surface area contributed by atoms with Crippen LogP contribution in [0.3, 0.4) is 0 Å². The van der Waals surface area contributed by atoms with Gasteiger partial charge in [0.15, 0.2) is 0 Å². The average molecular weight is 388 g/mol. The number of allylic oxidation sites excluding steroid dienone is 2. The zero-order chi connectivity index (χ0) is 20.2. The van der Waals surface area contributed by atoms with Crippen molar-refractivity contribution in [1.82, 2.24) is 0 Å². The number of hydrogen-bond donors (Lipinski definition) is 0. The van der Waals surface area contributed by atoms with Crippen molar-refractivity contribution in [1.29, 1.82) is 0 Å². The van der Waals surface area contributed by atoms with Crippen LogP contribution in [0.15, 0.2) is 83.0 Å². The maximum Gasteiger partial charge on any atom is 0.266 e. The van der Waals surface area contributed by atoms with E-state index in [1.165, 1.54) is 0 Å². The lowest BCUT2D eigenvalue weighted by atomic mass is 10.1. The van der Waals surface area contributed by atoms with E-state index in [9.17, 15) is 17.6 Å². The van der Waals surface area contributed by atoms with E-state index in [-0.39, 0.29) is 0 Å². The third-order valence-electron chi connectivity index (χ3n) is 3.90. The quantitative estimate of drug-likeness (QED) is 0.264. The Bertz CT molecular complexity index is 770. The highest BCUT2D eigenvalue weighted by molar-refractivity contribution is 5.82. The van der Waals surface area contributed by atoms with Crippen LogP contribution in [0, 0.1) is 0 Å². The molecule has 0 saturated heterocycles. The highest BCUT2D eigenvalue weighted by atomic mass is 19.3. The molecule has 2 aromatic carbocycles. The Balaban J connectivity index is 1.82. The van der Waals surface area contributed by atoms with E-state index in [1.807, 2.05) is 48.5 Å². The first-order valence-corrected chi connectivity index (χ1v) is 8.79. The normalized spacial score (nSPS) is 11.1. The van der Waals surface area contributed by atoms with E-state index in [0.29, 0.717) is 25.7 Å². The van der Waals surface area contributed by atoms with Gasteiger partial charge in [-0.1, -0.05) is 48.5 Å². The van der Waals surface area contributed by atoms with Crippen LogP contribution in [-0.2, 0) is 12.8 Å². The molecule has 2 aromatic rings. The van der Waals surface area contributed by atoms with Gasteiger partial charge in [0.2, 0.25) is 0 Å². The van der Waals surface area contributed by atoms with E-state index in [1.54, 1.807) is 12.4 Å². The summed E-state index contributed by atoms with van der Waals surface area (Å²) in [6, 6.07) is 14.9. The van der Waals surface area contributed by atoms with Gasteiger partial charge in [0, 0.05) is 0 Å². The number of rotatable bonds is 9. The third-order valence-corrected chi connectivity index (χ3v) is 3.90. The number of benzene rings is 2. The largest absolute Gasteiger partial charge is 0.266 e. The van der Waals surface area contributed by atoms with Crippen molar-refractivity contribution in [2.24, 2.45) is 10.2 Å². The summed E-state index contributed by atoms with van der Waals surface area (Å²) in [5, 5.41) is 7.98. The van der Waals surface area contributed by atoms with Crippen molar-refractivity contribution >= 4 is 12.4 Å². The molecular formula is C22H20F4N2. The van der Waals surface area contributed by atoms with Gasteiger partial charge in [0.1, 0.15) is 0 Å². The van der Waals surface area contributed by atoms with Gasteiger partial charge in [-0.25, -0.2) is 0 Å². The second-order valence-corrected chi connectivity index (χ2v) is 6.04. The monoisotopic (exact) mass is 388 g/mol. The minimum absolute atomic E-state index is 0.308. The molecule has 146 valence electrons. The minimum Gasteiger partial charge on any atom is -0.174 e. The molecule has 0 unspecified atom stereocenters. The summed E-state index contributed by atoms with van der Waals surface area (Å²) in [5.74, 6) is 0. The standard InChI is InChI=1S/C22H20F4N2/c23-21(24)5-1-3-17-7-11-19(12-8-17)15-27-28-16-20-13-9-18(10-14-20)4-2-6-22(25)26/h5-16H,1-4H2/b27-15+,28-16+. The zero-order valence-corrected chi connectivity index (χ0v) is 15.2. The SMILES string of the molecule is FC(F)=CCCc1ccc(/C=N/N=C/c2ccc(CCC=C(F)F)cc2)cc1. The lowest BCUT2D eigenvalue weighted by molar-refractivity contribution is 0.416. The van der Waals surface area contributed by atoms with E-state index in [2.05, 4.69) is 10.2 Å². The van der Waals surface area contributed by atoms with Gasteiger partial charge in [-0.2, -0.15) is 27.8 Å². The Morgan fingerprint density at radius 2 is 0.964 bits per heavy atom. The maximum atomic E-state index is 12.0. The van der Waals surface area contributed by atoms with Crippen molar-refractivity contribution in [3.63, 3.8) is 0 Å².